The number of nitrogens with one attached hydrogen (secondary N) is 2. The summed E-state index contributed by atoms with van der Waals surface area (Å²) in [5, 5.41) is 7.90. The van der Waals surface area contributed by atoms with Gasteiger partial charge in [0.05, 0.1) is 11.0 Å². The predicted octanol–water partition coefficient (Wildman–Crippen LogP) is 3.36. The molecule has 0 atom stereocenters. The monoisotopic (exact) mass is 337 g/mol. The summed E-state index contributed by atoms with van der Waals surface area (Å²) in [5.41, 5.74) is -0.0813. The molecule has 0 unspecified atom stereocenters. The zero-order chi connectivity index (χ0) is 17.5. The van der Waals surface area contributed by atoms with Crippen LogP contribution in [0.5, 0.6) is 0 Å². The third kappa shape index (κ3) is 2.61. The fourth-order valence-electron chi connectivity index (χ4n) is 2.55. The number of hydrogen-bond acceptors (Lipinski definition) is 3. The molecule has 2 heterocycles. The molecule has 0 aliphatic carbocycles. The van der Waals surface area contributed by atoms with Gasteiger partial charge in [0.25, 0.3) is 5.91 Å². The number of aryl methyl sites for hydroxylation is 1. The molecule has 1 aromatic carbocycles. The lowest BCUT2D eigenvalue weighted by atomic mass is 10.2. The molecule has 0 radical (unpaired) electrons. The number of fused-ring (bicyclic) bond motifs is 1. The van der Waals surface area contributed by atoms with Crippen molar-refractivity contribution in [3.8, 4) is 0 Å². The van der Waals surface area contributed by atoms with Gasteiger partial charge in [-0.1, -0.05) is 12.1 Å². The summed E-state index contributed by atoms with van der Waals surface area (Å²) in [4.78, 5) is 16.6. The van der Waals surface area contributed by atoms with Gasteiger partial charge in [-0.2, -0.15) is 18.3 Å². The Hall–Kier alpha value is -2.84. The van der Waals surface area contributed by atoms with Gasteiger partial charge in [0.2, 0.25) is 5.95 Å². The smallest absolute Gasteiger partial charge is 0.310 e. The van der Waals surface area contributed by atoms with Crippen LogP contribution in [0.4, 0.5) is 19.1 Å². The van der Waals surface area contributed by atoms with Crippen LogP contribution in [0.15, 0.2) is 24.3 Å². The molecule has 0 fully saturated rings. The largest absolute Gasteiger partial charge is 0.433 e. The number of carbonyl (C=O) groups excluding carboxylic acids is 1. The van der Waals surface area contributed by atoms with Crippen molar-refractivity contribution in [2.24, 2.45) is 0 Å². The van der Waals surface area contributed by atoms with E-state index in [1.54, 1.807) is 10.6 Å². The number of benzene rings is 1. The van der Waals surface area contributed by atoms with Gasteiger partial charge in [0.1, 0.15) is 5.69 Å². The second kappa shape index (κ2) is 5.66. The Morgan fingerprint density at radius 2 is 2.04 bits per heavy atom. The highest BCUT2D eigenvalue weighted by atomic mass is 19.4. The van der Waals surface area contributed by atoms with Gasteiger partial charge in [-0.3, -0.25) is 15.2 Å². The second-order valence-corrected chi connectivity index (χ2v) is 5.19. The molecule has 1 amide bonds. The summed E-state index contributed by atoms with van der Waals surface area (Å²) >= 11 is 0. The van der Waals surface area contributed by atoms with E-state index in [1.165, 1.54) is 6.92 Å². The van der Waals surface area contributed by atoms with Crippen LogP contribution < -0.4 is 5.32 Å². The van der Waals surface area contributed by atoms with Crippen molar-refractivity contribution in [1.29, 1.82) is 0 Å². The first-order chi connectivity index (χ1) is 11.3. The van der Waals surface area contributed by atoms with Crippen molar-refractivity contribution in [3.05, 3.63) is 41.2 Å². The van der Waals surface area contributed by atoms with E-state index < -0.39 is 17.8 Å². The van der Waals surface area contributed by atoms with Crippen LogP contribution in [-0.2, 0) is 12.7 Å². The Morgan fingerprint density at radius 1 is 1.33 bits per heavy atom. The van der Waals surface area contributed by atoms with Crippen LogP contribution in [0.3, 0.4) is 0 Å². The molecular formula is C15H14F3N5O. The lowest BCUT2D eigenvalue weighted by Gasteiger charge is -2.07. The summed E-state index contributed by atoms with van der Waals surface area (Å²) in [6.07, 6.45) is -4.59. The zero-order valence-electron chi connectivity index (χ0n) is 12.9. The number of hydrogen-bond donors (Lipinski definition) is 2. The van der Waals surface area contributed by atoms with Crippen LogP contribution >= 0.6 is 0 Å². The number of para-hydroxylation sites is 2. The van der Waals surface area contributed by atoms with Crippen LogP contribution in [0.25, 0.3) is 11.0 Å². The Morgan fingerprint density at radius 3 is 2.67 bits per heavy atom. The molecule has 126 valence electrons. The number of amides is 1. The van der Waals surface area contributed by atoms with Crippen molar-refractivity contribution < 1.29 is 18.0 Å². The minimum atomic E-state index is -4.59. The van der Waals surface area contributed by atoms with Crippen molar-refractivity contribution in [3.63, 3.8) is 0 Å². The van der Waals surface area contributed by atoms with Crippen LogP contribution in [0, 0.1) is 6.92 Å². The number of carbonyl (C=O) groups is 1. The molecule has 9 heteroatoms. The number of nitrogens with zero attached hydrogens (tertiary/aromatic N) is 3. The molecule has 6 nitrogen and oxygen atoms in total. The maximum atomic E-state index is 12.8. The van der Waals surface area contributed by atoms with Gasteiger partial charge in [-0.25, -0.2) is 4.98 Å². The van der Waals surface area contributed by atoms with Gasteiger partial charge < -0.3 is 4.57 Å². The van der Waals surface area contributed by atoms with E-state index in [2.05, 4.69) is 15.4 Å². The van der Waals surface area contributed by atoms with Gasteiger partial charge in [-0.05, 0) is 26.0 Å². The van der Waals surface area contributed by atoms with Crippen molar-refractivity contribution in [2.45, 2.75) is 26.6 Å². The fourth-order valence-corrected chi connectivity index (χ4v) is 2.55. The van der Waals surface area contributed by atoms with Gasteiger partial charge in [0, 0.05) is 12.1 Å². The highest BCUT2D eigenvalue weighted by Gasteiger charge is 2.37. The molecule has 0 spiro atoms. The molecule has 3 rings (SSSR count). The number of anilines is 1. The van der Waals surface area contributed by atoms with E-state index in [1.807, 2.05) is 30.2 Å². The van der Waals surface area contributed by atoms with E-state index in [0.717, 1.165) is 5.52 Å². The summed E-state index contributed by atoms with van der Waals surface area (Å²) < 4.78 is 40.1. The van der Waals surface area contributed by atoms with Crippen molar-refractivity contribution >= 4 is 22.9 Å². The van der Waals surface area contributed by atoms with Crippen molar-refractivity contribution in [2.75, 3.05) is 5.32 Å². The van der Waals surface area contributed by atoms with Gasteiger partial charge >= 0.3 is 6.18 Å². The number of alkyl halides is 3. The quantitative estimate of drug-likeness (QED) is 0.769. The summed E-state index contributed by atoms with van der Waals surface area (Å²) in [6.45, 7) is 3.62. The summed E-state index contributed by atoms with van der Waals surface area (Å²) in [6, 6.07) is 7.30. The number of aromatic amines is 1. The third-order valence-corrected chi connectivity index (χ3v) is 3.70. The van der Waals surface area contributed by atoms with E-state index in [-0.39, 0.29) is 17.2 Å². The Bertz CT molecular complexity index is 910. The van der Waals surface area contributed by atoms with Gasteiger partial charge in [0.15, 0.2) is 5.69 Å². The van der Waals surface area contributed by atoms with Crippen LogP contribution in [0.1, 0.15) is 28.7 Å². The Kier molecular flexibility index (Phi) is 3.78. The lowest BCUT2D eigenvalue weighted by molar-refractivity contribution is -0.141. The molecule has 0 saturated carbocycles. The van der Waals surface area contributed by atoms with Crippen LogP contribution in [0.2, 0.25) is 0 Å². The Labute approximate surface area is 134 Å². The number of rotatable bonds is 3. The molecule has 0 aliphatic rings. The lowest BCUT2D eigenvalue weighted by Crippen LogP contribution is -2.17. The first-order valence-corrected chi connectivity index (χ1v) is 7.21. The molecular weight excluding hydrogens is 323 g/mol. The first kappa shape index (κ1) is 16.0. The fraction of sp³-hybridized carbons (Fsp3) is 0.267. The molecule has 2 N–H and O–H groups in total. The minimum absolute atomic E-state index is 0.251. The summed E-state index contributed by atoms with van der Waals surface area (Å²) in [5.74, 6) is -0.482. The average Bonchev–Trinajstić information content (AvgIpc) is 3.06. The first-order valence-electron chi connectivity index (χ1n) is 7.21. The maximum absolute atomic E-state index is 12.8. The minimum Gasteiger partial charge on any atom is -0.310 e. The number of halogens is 3. The van der Waals surface area contributed by atoms with Gasteiger partial charge in [-0.15, -0.1) is 0 Å². The molecule has 2 aromatic heterocycles. The normalized spacial score (nSPS) is 11.9. The molecule has 0 bridgehead atoms. The Balaban J connectivity index is 1.95. The topological polar surface area (TPSA) is 75.6 Å². The predicted molar refractivity (Wildman–Crippen MR) is 81.7 cm³/mol. The third-order valence-electron chi connectivity index (χ3n) is 3.70. The van der Waals surface area contributed by atoms with Crippen molar-refractivity contribution in [1.82, 2.24) is 19.7 Å². The van der Waals surface area contributed by atoms with Crippen LogP contribution in [-0.4, -0.2) is 25.7 Å². The molecule has 0 aliphatic heterocycles. The van der Waals surface area contributed by atoms with E-state index in [4.69, 9.17) is 0 Å². The maximum Gasteiger partial charge on any atom is 0.433 e. The number of H-pyrrole nitrogens is 1. The van der Waals surface area contributed by atoms with E-state index >= 15 is 0 Å². The number of aromatic nitrogens is 4. The average molecular weight is 337 g/mol. The molecule has 0 saturated heterocycles. The highest BCUT2D eigenvalue weighted by Crippen LogP contribution is 2.31. The SMILES string of the molecule is CCn1c(NC(=O)c2n[nH]c(C(F)(F)F)c2C)nc2ccccc21. The summed E-state index contributed by atoms with van der Waals surface area (Å²) in [7, 11) is 0. The van der Waals surface area contributed by atoms with E-state index in [9.17, 15) is 18.0 Å². The highest BCUT2D eigenvalue weighted by molar-refractivity contribution is 6.03. The molecule has 24 heavy (non-hydrogen) atoms. The molecule has 3 aromatic rings. The zero-order valence-corrected chi connectivity index (χ0v) is 12.9. The standard InChI is InChI=1S/C15H14F3N5O/c1-3-23-10-7-5-4-6-9(10)19-14(23)20-13(24)11-8(2)12(22-21-11)15(16,17)18/h4-7H,3H2,1-2H3,(H,21,22)(H,19,20,24). The van der Waals surface area contributed by atoms with E-state index in [0.29, 0.717) is 12.1 Å². The second-order valence-electron chi connectivity index (χ2n) is 5.19. The number of imidazole rings is 1.